The number of hydrogen-bond donors (Lipinski definition) is 3. The van der Waals surface area contributed by atoms with E-state index in [1.165, 1.54) is 0 Å². The van der Waals surface area contributed by atoms with Gasteiger partial charge < -0.3 is 16.4 Å². The van der Waals surface area contributed by atoms with Crippen LogP contribution >= 0.6 is 12.2 Å². The lowest BCUT2D eigenvalue weighted by Gasteiger charge is -2.03. The highest BCUT2D eigenvalue weighted by Crippen LogP contribution is 2.18. The molecule has 12 heavy (non-hydrogen) atoms. The quantitative estimate of drug-likeness (QED) is 0.518. The number of nitrogens with one attached hydrogen (secondary N) is 2. The minimum atomic E-state index is 0.0706. The van der Waals surface area contributed by atoms with Crippen LogP contribution in [0.4, 0.5) is 0 Å². The van der Waals surface area contributed by atoms with Crippen molar-refractivity contribution >= 4 is 23.2 Å². The zero-order chi connectivity index (χ0) is 8.97. The average molecular weight is 187 g/mol. The second-order valence-corrected chi connectivity index (χ2v) is 3.32. The fraction of sp³-hybridized carbons (Fsp3) is 0.714. The van der Waals surface area contributed by atoms with Crippen LogP contribution in [-0.4, -0.2) is 23.6 Å². The summed E-state index contributed by atoms with van der Waals surface area (Å²) in [5, 5.41) is 5.83. The van der Waals surface area contributed by atoms with E-state index in [1.54, 1.807) is 0 Å². The molecule has 0 heterocycles. The van der Waals surface area contributed by atoms with Crippen LogP contribution in [0.2, 0.25) is 0 Å². The topological polar surface area (TPSA) is 67.1 Å². The second kappa shape index (κ2) is 4.25. The van der Waals surface area contributed by atoms with Crippen molar-refractivity contribution in [2.24, 2.45) is 5.73 Å². The smallest absolute Gasteiger partial charge is 0.221 e. The summed E-state index contributed by atoms with van der Waals surface area (Å²) >= 11 is 4.58. The molecule has 0 spiro atoms. The fourth-order valence-electron chi connectivity index (χ4n) is 0.827. The van der Waals surface area contributed by atoms with Crippen LogP contribution < -0.4 is 16.4 Å². The van der Waals surface area contributed by atoms with Gasteiger partial charge in [-0.3, -0.25) is 4.79 Å². The van der Waals surface area contributed by atoms with Gasteiger partial charge in [-0.1, -0.05) is 0 Å². The summed E-state index contributed by atoms with van der Waals surface area (Å²) in [6.07, 6.45) is 2.68. The van der Waals surface area contributed by atoms with Gasteiger partial charge in [0.1, 0.15) is 0 Å². The molecule has 0 aromatic heterocycles. The molecule has 4 N–H and O–H groups in total. The Kier molecular flexibility index (Phi) is 3.28. The van der Waals surface area contributed by atoms with Gasteiger partial charge in [-0.15, -0.1) is 0 Å². The molecule has 1 fully saturated rings. The maximum atomic E-state index is 11.0. The van der Waals surface area contributed by atoms with Gasteiger partial charge in [-0.25, -0.2) is 0 Å². The minimum Gasteiger partial charge on any atom is -0.376 e. The third-order valence-electron chi connectivity index (χ3n) is 1.59. The minimum absolute atomic E-state index is 0.0706. The van der Waals surface area contributed by atoms with Gasteiger partial charge in [0.15, 0.2) is 5.11 Å². The third-order valence-corrected chi connectivity index (χ3v) is 1.74. The van der Waals surface area contributed by atoms with Gasteiger partial charge in [0, 0.05) is 19.0 Å². The number of nitrogens with two attached hydrogens (primary N) is 1. The van der Waals surface area contributed by atoms with Crippen LogP contribution in [0, 0.1) is 0 Å². The van der Waals surface area contributed by atoms with Crippen molar-refractivity contribution in [3.05, 3.63) is 0 Å². The van der Waals surface area contributed by atoms with Crippen LogP contribution in [0.3, 0.4) is 0 Å². The summed E-state index contributed by atoms with van der Waals surface area (Å²) < 4.78 is 0. The van der Waals surface area contributed by atoms with E-state index in [1.807, 2.05) is 0 Å². The van der Waals surface area contributed by atoms with Crippen LogP contribution in [-0.2, 0) is 4.79 Å². The molecule has 0 bridgehead atoms. The Morgan fingerprint density at radius 1 is 1.58 bits per heavy atom. The van der Waals surface area contributed by atoms with Crippen LogP contribution in [0.25, 0.3) is 0 Å². The first-order valence-corrected chi connectivity index (χ1v) is 4.42. The summed E-state index contributed by atoms with van der Waals surface area (Å²) in [6, 6.07) is 0.433. The van der Waals surface area contributed by atoms with Crippen molar-refractivity contribution in [1.29, 1.82) is 0 Å². The third kappa shape index (κ3) is 4.12. The molecule has 5 heteroatoms. The Labute approximate surface area is 76.9 Å². The van der Waals surface area contributed by atoms with E-state index in [0.29, 0.717) is 19.0 Å². The molecule has 0 aliphatic heterocycles. The Bertz CT molecular complexity index is 191. The Balaban J connectivity index is 1.97. The Hall–Kier alpha value is -0.840. The largest absolute Gasteiger partial charge is 0.376 e. The monoisotopic (exact) mass is 187 g/mol. The number of thiocarbonyl (C=S) groups is 1. The molecule has 0 radical (unpaired) electrons. The Morgan fingerprint density at radius 3 is 2.75 bits per heavy atom. The molecule has 68 valence electrons. The molecule has 0 aromatic rings. The average Bonchev–Trinajstić information content (AvgIpc) is 2.70. The standard InChI is InChI=1S/C7H13N3OS/c8-7(12)9-4-3-6(11)10-5-1-2-5/h5H,1-4H2,(H,10,11)(H3,8,9,12). The summed E-state index contributed by atoms with van der Waals surface area (Å²) in [7, 11) is 0. The molecular formula is C7H13N3OS. The van der Waals surface area contributed by atoms with Gasteiger partial charge in [0.25, 0.3) is 0 Å². The number of rotatable bonds is 4. The molecular weight excluding hydrogens is 174 g/mol. The maximum Gasteiger partial charge on any atom is 0.221 e. The van der Waals surface area contributed by atoms with Crippen molar-refractivity contribution in [1.82, 2.24) is 10.6 Å². The lowest BCUT2D eigenvalue weighted by molar-refractivity contribution is -0.121. The first-order chi connectivity index (χ1) is 5.68. The number of carbonyl (C=O) groups is 1. The molecule has 1 aliphatic carbocycles. The summed E-state index contributed by atoms with van der Waals surface area (Å²) in [5.41, 5.74) is 5.18. The predicted octanol–water partition coefficient (Wildman–Crippen LogP) is -0.512. The molecule has 1 amide bonds. The summed E-state index contributed by atoms with van der Waals surface area (Å²) in [4.78, 5) is 11.0. The first-order valence-electron chi connectivity index (χ1n) is 4.01. The van der Waals surface area contributed by atoms with Crippen molar-refractivity contribution in [3.63, 3.8) is 0 Å². The highest BCUT2D eigenvalue weighted by Gasteiger charge is 2.22. The maximum absolute atomic E-state index is 11.0. The fourth-order valence-corrected chi connectivity index (χ4v) is 0.929. The zero-order valence-electron chi connectivity index (χ0n) is 6.80. The van der Waals surface area contributed by atoms with E-state index in [0.717, 1.165) is 12.8 Å². The number of hydrogen-bond acceptors (Lipinski definition) is 2. The highest BCUT2D eigenvalue weighted by molar-refractivity contribution is 7.80. The van der Waals surface area contributed by atoms with Gasteiger partial charge in [-0.05, 0) is 25.1 Å². The highest BCUT2D eigenvalue weighted by atomic mass is 32.1. The van der Waals surface area contributed by atoms with Crippen LogP contribution in [0.1, 0.15) is 19.3 Å². The normalized spacial score (nSPS) is 15.3. The molecule has 4 nitrogen and oxygen atoms in total. The molecule has 0 aromatic carbocycles. The number of amides is 1. The Morgan fingerprint density at radius 2 is 2.25 bits per heavy atom. The SMILES string of the molecule is NC(=S)NCCC(=O)NC1CC1. The molecule has 1 aliphatic rings. The van der Waals surface area contributed by atoms with Gasteiger partial charge >= 0.3 is 0 Å². The van der Waals surface area contributed by atoms with Crippen LogP contribution in [0.5, 0.6) is 0 Å². The molecule has 0 saturated heterocycles. The molecule has 1 saturated carbocycles. The number of carbonyl (C=O) groups excluding carboxylic acids is 1. The zero-order valence-corrected chi connectivity index (χ0v) is 7.62. The second-order valence-electron chi connectivity index (χ2n) is 2.88. The van der Waals surface area contributed by atoms with E-state index in [-0.39, 0.29) is 11.0 Å². The predicted molar refractivity (Wildman–Crippen MR) is 50.6 cm³/mol. The lowest BCUT2D eigenvalue weighted by atomic mass is 10.4. The molecule has 0 unspecified atom stereocenters. The molecule has 0 atom stereocenters. The lowest BCUT2D eigenvalue weighted by Crippen LogP contribution is -2.34. The van der Waals surface area contributed by atoms with Crippen molar-refractivity contribution in [3.8, 4) is 0 Å². The molecule has 1 rings (SSSR count). The first kappa shape index (κ1) is 9.25. The summed E-state index contributed by atoms with van der Waals surface area (Å²) in [6.45, 7) is 0.522. The van der Waals surface area contributed by atoms with E-state index in [9.17, 15) is 4.79 Å². The summed E-state index contributed by atoms with van der Waals surface area (Å²) in [5.74, 6) is 0.0706. The van der Waals surface area contributed by atoms with Gasteiger partial charge in [0.2, 0.25) is 5.91 Å². The van der Waals surface area contributed by atoms with E-state index in [4.69, 9.17) is 5.73 Å². The van der Waals surface area contributed by atoms with Crippen molar-refractivity contribution in [2.45, 2.75) is 25.3 Å². The van der Waals surface area contributed by atoms with Gasteiger partial charge in [-0.2, -0.15) is 0 Å². The van der Waals surface area contributed by atoms with E-state index in [2.05, 4.69) is 22.9 Å². The van der Waals surface area contributed by atoms with E-state index >= 15 is 0 Å². The van der Waals surface area contributed by atoms with Crippen LogP contribution in [0.15, 0.2) is 0 Å². The van der Waals surface area contributed by atoms with Crippen molar-refractivity contribution in [2.75, 3.05) is 6.54 Å². The van der Waals surface area contributed by atoms with E-state index < -0.39 is 0 Å². The van der Waals surface area contributed by atoms with Gasteiger partial charge in [0.05, 0.1) is 0 Å². The van der Waals surface area contributed by atoms with Crippen molar-refractivity contribution < 1.29 is 4.79 Å².